The molecule has 1 aliphatic rings. The molecule has 1 heterocycles. The Bertz CT molecular complexity index is 419. The summed E-state index contributed by atoms with van der Waals surface area (Å²) < 4.78 is 10.7. The second-order valence-corrected chi connectivity index (χ2v) is 4.88. The minimum Gasteiger partial charge on any atom is -0.493 e. The Balaban J connectivity index is 2.37. The number of benzene rings is 1. The van der Waals surface area contributed by atoms with Crippen molar-refractivity contribution >= 4 is 0 Å². The first kappa shape index (κ1) is 13.2. The summed E-state index contributed by atoms with van der Waals surface area (Å²) in [6, 6.07) is 4.66. The molecule has 0 spiro atoms. The summed E-state index contributed by atoms with van der Waals surface area (Å²) >= 11 is 0. The summed E-state index contributed by atoms with van der Waals surface area (Å²) in [6.45, 7) is 3.02. The third-order valence-corrected chi connectivity index (χ3v) is 3.41. The summed E-state index contributed by atoms with van der Waals surface area (Å²) in [7, 11) is 3.34. The van der Waals surface area contributed by atoms with Crippen LogP contribution in [0.5, 0.6) is 11.5 Å². The van der Waals surface area contributed by atoms with E-state index in [1.807, 2.05) is 6.92 Å². The van der Waals surface area contributed by atoms with Gasteiger partial charge in [-0.15, -0.1) is 0 Å². The topological polar surface area (TPSA) is 56.5 Å². The SMILES string of the molecule is COc1cc2c(cc1OC)C(CC(C)N)NCC2. The van der Waals surface area contributed by atoms with E-state index in [0.717, 1.165) is 30.9 Å². The van der Waals surface area contributed by atoms with E-state index in [0.29, 0.717) is 6.04 Å². The lowest BCUT2D eigenvalue weighted by atomic mass is 9.90. The van der Waals surface area contributed by atoms with Crippen LogP contribution in [0.4, 0.5) is 0 Å². The first-order chi connectivity index (χ1) is 8.65. The van der Waals surface area contributed by atoms with Crippen molar-refractivity contribution in [3.63, 3.8) is 0 Å². The van der Waals surface area contributed by atoms with Crippen LogP contribution >= 0.6 is 0 Å². The van der Waals surface area contributed by atoms with Crippen molar-refractivity contribution in [2.75, 3.05) is 20.8 Å². The lowest BCUT2D eigenvalue weighted by molar-refractivity contribution is 0.351. The lowest BCUT2D eigenvalue weighted by Gasteiger charge is -2.29. The van der Waals surface area contributed by atoms with Crippen molar-refractivity contribution in [1.29, 1.82) is 0 Å². The fourth-order valence-corrected chi connectivity index (χ4v) is 2.55. The van der Waals surface area contributed by atoms with Crippen molar-refractivity contribution in [1.82, 2.24) is 5.32 Å². The van der Waals surface area contributed by atoms with Crippen molar-refractivity contribution in [2.24, 2.45) is 5.73 Å². The molecule has 2 atom stereocenters. The zero-order chi connectivity index (χ0) is 13.1. The van der Waals surface area contributed by atoms with E-state index < -0.39 is 0 Å². The van der Waals surface area contributed by atoms with Gasteiger partial charge in [0.25, 0.3) is 0 Å². The van der Waals surface area contributed by atoms with E-state index in [4.69, 9.17) is 15.2 Å². The molecule has 1 aliphatic heterocycles. The second kappa shape index (κ2) is 5.59. The highest BCUT2D eigenvalue weighted by Crippen LogP contribution is 2.36. The van der Waals surface area contributed by atoms with Gasteiger partial charge in [0.1, 0.15) is 0 Å². The maximum absolute atomic E-state index is 5.91. The molecule has 0 aromatic heterocycles. The molecule has 2 rings (SSSR count). The van der Waals surface area contributed by atoms with Gasteiger partial charge in [-0.1, -0.05) is 0 Å². The first-order valence-electron chi connectivity index (χ1n) is 6.39. The quantitative estimate of drug-likeness (QED) is 0.852. The molecule has 0 aliphatic carbocycles. The maximum atomic E-state index is 5.91. The molecule has 0 bridgehead atoms. The van der Waals surface area contributed by atoms with Gasteiger partial charge in [0.15, 0.2) is 11.5 Å². The Morgan fingerprint density at radius 3 is 2.61 bits per heavy atom. The summed E-state index contributed by atoms with van der Waals surface area (Å²) in [5.74, 6) is 1.59. The van der Waals surface area contributed by atoms with E-state index in [2.05, 4.69) is 17.4 Å². The average Bonchev–Trinajstić information content (AvgIpc) is 2.37. The van der Waals surface area contributed by atoms with E-state index in [-0.39, 0.29) is 6.04 Å². The smallest absolute Gasteiger partial charge is 0.161 e. The summed E-state index contributed by atoms with van der Waals surface area (Å²) in [6.07, 6.45) is 1.95. The average molecular weight is 250 g/mol. The number of rotatable bonds is 4. The van der Waals surface area contributed by atoms with Crippen molar-refractivity contribution in [3.05, 3.63) is 23.3 Å². The summed E-state index contributed by atoms with van der Waals surface area (Å²) in [5, 5.41) is 3.52. The van der Waals surface area contributed by atoms with Gasteiger partial charge in [-0.05, 0) is 49.6 Å². The summed E-state index contributed by atoms with van der Waals surface area (Å²) in [4.78, 5) is 0. The van der Waals surface area contributed by atoms with Crippen molar-refractivity contribution in [3.8, 4) is 11.5 Å². The molecule has 1 aromatic carbocycles. The van der Waals surface area contributed by atoms with Crippen LogP contribution in [0, 0.1) is 0 Å². The minimum atomic E-state index is 0.182. The largest absolute Gasteiger partial charge is 0.493 e. The highest BCUT2D eigenvalue weighted by atomic mass is 16.5. The van der Waals surface area contributed by atoms with Gasteiger partial charge in [0, 0.05) is 12.1 Å². The van der Waals surface area contributed by atoms with Crippen LogP contribution in [-0.2, 0) is 6.42 Å². The van der Waals surface area contributed by atoms with Crippen LogP contribution in [0.3, 0.4) is 0 Å². The van der Waals surface area contributed by atoms with Crippen molar-refractivity contribution in [2.45, 2.75) is 31.8 Å². The molecule has 4 heteroatoms. The fourth-order valence-electron chi connectivity index (χ4n) is 2.55. The van der Waals surface area contributed by atoms with Gasteiger partial charge >= 0.3 is 0 Å². The zero-order valence-electron chi connectivity index (χ0n) is 11.3. The molecular weight excluding hydrogens is 228 g/mol. The Morgan fingerprint density at radius 2 is 2.00 bits per heavy atom. The van der Waals surface area contributed by atoms with Crippen LogP contribution < -0.4 is 20.5 Å². The maximum Gasteiger partial charge on any atom is 0.161 e. The van der Waals surface area contributed by atoms with Crippen LogP contribution in [0.15, 0.2) is 12.1 Å². The van der Waals surface area contributed by atoms with Crippen LogP contribution in [-0.4, -0.2) is 26.8 Å². The summed E-state index contributed by atoms with van der Waals surface area (Å²) in [5.41, 5.74) is 8.53. The van der Waals surface area contributed by atoms with Crippen LogP contribution in [0.1, 0.15) is 30.5 Å². The predicted molar refractivity (Wildman–Crippen MR) is 72.3 cm³/mol. The van der Waals surface area contributed by atoms with E-state index in [9.17, 15) is 0 Å². The molecule has 1 aromatic rings. The third-order valence-electron chi connectivity index (χ3n) is 3.41. The molecule has 0 saturated heterocycles. The molecule has 4 nitrogen and oxygen atoms in total. The number of nitrogens with two attached hydrogens (primary N) is 1. The number of hydrogen-bond acceptors (Lipinski definition) is 4. The second-order valence-electron chi connectivity index (χ2n) is 4.88. The first-order valence-corrected chi connectivity index (χ1v) is 6.39. The molecule has 3 N–H and O–H groups in total. The molecule has 100 valence electrons. The lowest BCUT2D eigenvalue weighted by Crippen LogP contribution is -2.33. The standard InChI is InChI=1S/C14H22N2O2/c1-9(15)6-12-11-8-14(18-3)13(17-2)7-10(11)4-5-16-12/h7-9,12,16H,4-6,15H2,1-3H3. The van der Waals surface area contributed by atoms with E-state index >= 15 is 0 Å². The molecule has 0 fully saturated rings. The molecule has 0 amide bonds. The van der Waals surface area contributed by atoms with Gasteiger partial charge in [0.2, 0.25) is 0 Å². The van der Waals surface area contributed by atoms with Gasteiger partial charge in [-0.3, -0.25) is 0 Å². The zero-order valence-corrected chi connectivity index (χ0v) is 11.3. The number of nitrogens with one attached hydrogen (secondary N) is 1. The fraction of sp³-hybridized carbons (Fsp3) is 0.571. The van der Waals surface area contributed by atoms with Crippen LogP contribution in [0.25, 0.3) is 0 Å². The van der Waals surface area contributed by atoms with Gasteiger partial charge in [0.05, 0.1) is 14.2 Å². The number of hydrogen-bond donors (Lipinski definition) is 2. The molecule has 2 unspecified atom stereocenters. The Kier molecular flexibility index (Phi) is 4.09. The molecule has 0 saturated carbocycles. The number of methoxy groups -OCH3 is 2. The normalized spacial score (nSPS) is 20.1. The Labute approximate surface area is 108 Å². The molecular formula is C14H22N2O2. The predicted octanol–water partition coefficient (Wildman–Crippen LogP) is 1.63. The van der Waals surface area contributed by atoms with Crippen LogP contribution in [0.2, 0.25) is 0 Å². The van der Waals surface area contributed by atoms with E-state index in [1.165, 1.54) is 11.1 Å². The third kappa shape index (κ3) is 2.60. The van der Waals surface area contributed by atoms with Gasteiger partial charge in [-0.25, -0.2) is 0 Å². The minimum absolute atomic E-state index is 0.182. The monoisotopic (exact) mass is 250 g/mol. The van der Waals surface area contributed by atoms with Crippen molar-refractivity contribution < 1.29 is 9.47 Å². The van der Waals surface area contributed by atoms with Gasteiger partial charge < -0.3 is 20.5 Å². The Hall–Kier alpha value is -1.26. The number of ether oxygens (including phenoxy) is 2. The molecule has 18 heavy (non-hydrogen) atoms. The highest BCUT2D eigenvalue weighted by Gasteiger charge is 2.23. The molecule has 0 radical (unpaired) electrons. The Morgan fingerprint density at radius 1 is 1.33 bits per heavy atom. The van der Waals surface area contributed by atoms with Gasteiger partial charge in [-0.2, -0.15) is 0 Å². The number of fused-ring (bicyclic) bond motifs is 1. The van der Waals surface area contributed by atoms with E-state index in [1.54, 1.807) is 14.2 Å². The highest BCUT2D eigenvalue weighted by molar-refractivity contribution is 5.49.